The van der Waals surface area contributed by atoms with Gasteiger partial charge in [0.15, 0.2) is 6.61 Å². The fourth-order valence-corrected chi connectivity index (χ4v) is 6.32. The summed E-state index contributed by atoms with van der Waals surface area (Å²) < 4.78 is 5.13. The molecule has 0 saturated heterocycles. The summed E-state index contributed by atoms with van der Waals surface area (Å²) in [7, 11) is 0. The topological polar surface area (TPSA) is 84.5 Å². The van der Waals surface area contributed by atoms with Crippen LogP contribution in [0.4, 0.5) is 5.69 Å². The Balaban J connectivity index is 1.30. The Labute approximate surface area is 184 Å². The van der Waals surface area contributed by atoms with E-state index in [1.54, 1.807) is 24.3 Å². The zero-order valence-corrected chi connectivity index (χ0v) is 18.6. The minimum absolute atomic E-state index is 0.100. The summed E-state index contributed by atoms with van der Waals surface area (Å²) >= 11 is 0. The number of hydrogen-bond acceptors (Lipinski definition) is 4. The van der Waals surface area contributed by atoms with Gasteiger partial charge in [-0.3, -0.25) is 9.59 Å². The lowest BCUT2D eigenvalue weighted by Crippen LogP contribution is -2.51. The predicted molar refractivity (Wildman–Crippen MR) is 118 cm³/mol. The van der Waals surface area contributed by atoms with Crippen molar-refractivity contribution in [3.8, 4) is 0 Å². The molecule has 5 rings (SSSR count). The zero-order chi connectivity index (χ0) is 22.0. The zero-order valence-electron chi connectivity index (χ0n) is 18.6. The van der Waals surface area contributed by atoms with Gasteiger partial charge in [0.05, 0.1) is 11.0 Å². The van der Waals surface area contributed by atoms with Crippen LogP contribution >= 0.6 is 0 Å². The Morgan fingerprint density at radius 1 is 0.968 bits per heavy atom. The van der Waals surface area contributed by atoms with Gasteiger partial charge >= 0.3 is 5.97 Å². The minimum atomic E-state index is -0.543. The van der Waals surface area contributed by atoms with Gasteiger partial charge in [0, 0.05) is 11.7 Å². The molecule has 4 aliphatic carbocycles. The van der Waals surface area contributed by atoms with E-state index in [9.17, 15) is 14.4 Å². The van der Waals surface area contributed by atoms with Crippen LogP contribution in [0.1, 0.15) is 75.6 Å². The van der Waals surface area contributed by atoms with Crippen molar-refractivity contribution in [2.24, 2.45) is 23.2 Å². The third-order valence-electron chi connectivity index (χ3n) is 7.58. The molecule has 4 bridgehead atoms. The molecule has 2 amide bonds. The van der Waals surface area contributed by atoms with E-state index in [0.29, 0.717) is 11.3 Å². The number of rotatable bonds is 8. The predicted octanol–water partition coefficient (Wildman–Crippen LogP) is 4.30. The second-order valence-corrected chi connectivity index (χ2v) is 9.89. The Morgan fingerprint density at radius 2 is 1.52 bits per heavy atom. The van der Waals surface area contributed by atoms with Crippen molar-refractivity contribution in [3.05, 3.63) is 29.8 Å². The molecule has 0 spiro atoms. The van der Waals surface area contributed by atoms with Crippen LogP contribution in [0, 0.1) is 23.2 Å². The summed E-state index contributed by atoms with van der Waals surface area (Å²) in [5, 5.41) is 5.94. The molecular formula is C25H34N2O4. The summed E-state index contributed by atoms with van der Waals surface area (Å²) in [5.74, 6) is 1.46. The second kappa shape index (κ2) is 9.01. The van der Waals surface area contributed by atoms with Gasteiger partial charge < -0.3 is 15.4 Å². The molecule has 168 valence electrons. The van der Waals surface area contributed by atoms with Gasteiger partial charge in [0.25, 0.3) is 5.91 Å². The number of carbonyl (C=O) groups is 3. The van der Waals surface area contributed by atoms with Gasteiger partial charge in [-0.15, -0.1) is 0 Å². The maximum atomic E-state index is 13.2. The van der Waals surface area contributed by atoms with Crippen LogP contribution in [0.25, 0.3) is 0 Å². The highest BCUT2D eigenvalue weighted by Gasteiger charge is 2.54. The molecule has 0 aromatic heterocycles. The second-order valence-electron chi connectivity index (χ2n) is 9.89. The molecule has 1 aromatic carbocycles. The molecule has 0 heterocycles. The molecule has 1 aromatic rings. The van der Waals surface area contributed by atoms with E-state index in [2.05, 4.69) is 10.6 Å². The van der Waals surface area contributed by atoms with Crippen molar-refractivity contribution >= 4 is 23.5 Å². The number of carbonyl (C=O) groups excluding carboxylic acids is 3. The van der Waals surface area contributed by atoms with E-state index in [1.165, 1.54) is 19.3 Å². The number of amides is 2. The van der Waals surface area contributed by atoms with Crippen LogP contribution < -0.4 is 10.6 Å². The Bertz CT molecular complexity index is 793. The fourth-order valence-electron chi connectivity index (χ4n) is 6.32. The summed E-state index contributed by atoms with van der Waals surface area (Å²) in [6, 6.07) is 6.84. The first-order valence-electron chi connectivity index (χ1n) is 11.8. The quantitative estimate of drug-likeness (QED) is 0.607. The molecule has 0 aliphatic heterocycles. The lowest BCUT2D eigenvalue weighted by atomic mass is 9.49. The number of anilines is 1. The molecular weight excluding hydrogens is 392 g/mol. The first-order chi connectivity index (χ1) is 14.9. The van der Waals surface area contributed by atoms with Gasteiger partial charge in [-0.05, 0) is 93.4 Å². The monoisotopic (exact) mass is 426 g/mol. The Kier molecular flexibility index (Phi) is 6.35. The SMILES string of the molecule is CCC(CC)NC(=O)COC(=O)c1ccc(NC(=O)C23CC4CC(CC(C4)C2)C3)cc1. The minimum Gasteiger partial charge on any atom is -0.452 e. The largest absolute Gasteiger partial charge is 0.452 e. The molecule has 4 aliphatic rings. The lowest BCUT2D eigenvalue weighted by molar-refractivity contribution is -0.140. The summed E-state index contributed by atoms with van der Waals surface area (Å²) in [6.07, 6.45) is 8.66. The standard InChI is InChI=1S/C25H34N2O4/c1-3-20(4-2)26-22(28)15-31-23(29)19-5-7-21(8-6-19)27-24(30)25-12-16-9-17(13-25)11-18(10-16)14-25/h5-8,16-18,20H,3-4,9-15H2,1-2H3,(H,26,28)(H,27,30). The fraction of sp³-hybridized carbons (Fsp3) is 0.640. The molecule has 0 atom stereocenters. The molecule has 2 N–H and O–H groups in total. The van der Waals surface area contributed by atoms with Crippen molar-refractivity contribution in [2.75, 3.05) is 11.9 Å². The Morgan fingerprint density at radius 3 is 2.03 bits per heavy atom. The lowest BCUT2D eigenvalue weighted by Gasteiger charge is -2.55. The number of nitrogens with one attached hydrogen (secondary N) is 2. The van der Waals surface area contributed by atoms with Crippen LogP contribution in [0.5, 0.6) is 0 Å². The van der Waals surface area contributed by atoms with E-state index >= 15 is 0 Å². The van der Waals surface area contributed by atoms with E-state index in [0.717, 1.165) is 49.9 Å². The maximum absolute atomic E-state index is 13.2. The van der Waals surface area contributed by atoms with Crippen LogP contribution in [0.3, 0.4) is 0 Å². The van der Waals surface area contributed by atoms with E-state index < -0.39 is 5.97 Å². The van der Waals surface area contributed by atoms with Gasteiger partial charge in [0.2, 0.25) is 5.91 Å². The summed E-state index contributed by atoms with van der Waals surface area (Å²) in [4.78, 5) is 37.3. The van der Waals surface area contributed by atoms with Crippen molar-refractivity contribution in [1.82, 2.24) is 5.32 Å². The number of ether oxygens (including phenoxy) is 1. The molecule has 6 nitrogen and oxygen atoms in total. The summed E-state index contributed by atoms with van der Waals surface area (Å²) in [6.45, 7) is 3.72. The average Bonchev–Trinajstić information content (AvgIpc) is 2.75. The van der Waals surface area contributed by atoms with Crippen molar-refractivity contribution in [2.45, 2.75) is 71.3 Å². The highest BCUT2D eigenvalue weighted by Crippen LogP contribution is 2.60. The number of benzene rings is 1. The van der Waals surface area contributed by atoms with E-state index in [1.807, 2.05) is 13.8 Å². The van der Waals surface area contributed by atoms with Gasteiger partial charge in [0.1, 0.15) is 0 Å². The highest BCUT2D eigenvalue weighted by molar-refractivity contribution is 5.96. The van der Waals surface area contributed by atoms with Crippen LogP contribution in [-0.4, -0.2) is 30.4 Å². The third kappa shape index (κ3) is 4.78. The Hall–Kier alpha value is -2.37. The first-order valence-corrected chi connectivity index (χ1v) is 11.8. The normalized spacial score (nSPS) is 28.4. The van der Waals surface area contributed by atoms with Crippen molar-refractivity contribution < 1.29 is 19.1 Å². The van der Waals surface area contributed by atoms with Gasteiger partial charge in [-0.1, -0.05) is 13.8 Å². The van der Waals surface area contributed by atoms with Crippen LogP contribution in [0.2, 0.25) is 0 Å². The van der Waals surface area contributed by atoms with E-state index in [-0.39, 0.29) is 29.9 Å². The molecule has 4 saturated carbocycles. The molecule has 4 fully saturated rings. The summed E-state index contributed by atoms with van der Waals surface area (Å²) in [5.41, 5.74) is 0.862. The van der Waals surface area contributed by atoms with Crippen molar-refractivity contribution in [3.63, 3.8) is 0 Å². The molecule has 0 radical (unpaired) electrons. The van der Waals surface area contributed by atoms with Crippen LogP contribution in [0.15, 0.2) is 24.3 Å². The highest BCUT2D eigenvalue weighted by atomic mass is 16.5. The van der Waals surface area contributed by atoms with E-state index in [4.69, 9.17) is 4.74 Å². The molecule has 0 unspecified atom stereocenters. The van der Waals surface area contributed by atoms with Gasteiger partial charge in [-0.2, -0.15) is 0 Å². The third-order valence-corrected chi connectivity index (χ3v) is 7.58. The smallest absolute Gasteiger partial charge is 0.338 e. The van der Waals surface area contributed by atoms with Crippen molar-refractivity contribution in [1.29, 1.82) is 0 Å². The number of esters is 1. The average molecular weight is 427 g/mol. The first kappa shape index (κ1) is 21.8. The number of hydrogen-bond donors (Lipinski definition) is 2. The molecule has 31 heavy (non-hydrogen) atoms. The van der Waals surface area contributed by atoms with Crippen LogP contribution in [-0.2, 0) is 14.3 Å². The maximum Gasteiger partial charge on any atom is 0.338 e. The molecule has 6 heteroatoms. The van der Waals surface area contributed by atoms with Gasteiger partial charge in [-0.25, -0.2) is 4.79 Å².